The Morgan fingerprint density at radius 1 is 1.04 bits per heavy atom. The molecule has 1 atom stereocenters. The van der Waals surface area contributed by atoms with E-state index in [0.29, 0.717) is 5.02 Å². The number of hydrogen-bond acceptors (Lipinski definition) is 3. The highest BCUT2D eigenvalue weighted by Crippen LogP contribution is 2.19. The quantitative estimate of drug-likeness (QED) is 0.527. The van der Waals surface area contributed by atoms with Gasteiger partial charge in [-0.15, -0.1) is 0 Å². The van der Waals surface area contributed by atoms with E-state index in [1.54, 1.807) is 25.3 Å². The van der Waals surface area contributed by atoms with Gasteiger partial charge in [0.15, 0.2) is 0 Å². The predicted octanol–water partition coefficient (Wildman–Crippen LogP) is 4.44. The number of carbonyl (C=O) groups is 1. The van der Waals surface area contributed by atoms with Crippen LogP contribution < -0.4 is 10.7 Å². The second kappa shape index (κ2) is 7.81. The molecule has 3 aromatic carbocycles. The van der Waals surface area contributed by atoms with Gasteiger partial charge in [-0.1, -0.05) is 54.1 Å². The number of benzene rings is 3. The third kappa shape index (κ3) is 4.58. The molecule has 0 spiro atoms. The Morgan fingerprint density at radius 2 is 1.76 bits per heavy atom. The fourth-order valence-electron chi connectivity index (χ4n) is 2.41. The number of halogens is 1. The summed E-state index contributed by atoms with van der Waals surface area (Å²) in [4.78, 5) is 12.1. The molecule has 0 unspecified atom stereocenters. The second-order valence-electron chi connectivity index (χ2n) is 5.71. The molecule has 0 bridgehead atoms. The fourth-order valence-corrected chi connectivity index (χ4v) is 2.54. The van der Waals surface area contributed by atoms with Crippen molar-refractivity contribution in [3.63, 3.8) is 0 Å². The number of carbonyl (C=O) groups excluding carboxylic acids is 1. The second-order valence-corrected chi connectivity index (χ2v) is 6.15. The van der Waals surface area contributed by atoms with Gasteiger partial charge in [0.1, 0.15) is 6.04 Å². The molecule has 0 aliphatic carbocycles. The van der Waals surface area contributed by atoms with Gasteiger partial charge in [0.05, 0.1) is 6.21 Å². The average Bonchev–Trinajstić information content (AvgIpc) is 2.63. The number of hydrogen-bond donors (Lipinski definition) is 2. The van der Waals surface area contributed by atoms with Crippen LogP contribution in [0.25, 0.3) is 10.8 Å². The van der Waals surface area contributed by atoms with E-state index in [2.05, 4.69) is 21.9 Å². The summed E-state index contributed by atoms with van der Waals surface area (Å²) in [6.07, 6.45) is 1.58. The SMILES string of the molecule is C[C@H](Nc1ccc2ccccc2c1)C(=O)NN=Cc1ccc(Cl)cc1. The van der Waals surface area contributed by atoms with E-state index in [4.69, 9.17) is 11.6 Å². The first-order valence-electron chi connectivity index (χ1n) is 7.96. The smallest absolute Gasteiger partial charge is 0.262 e. The number of nitrogens with zero attached hydrogens (tertiary/aromatic N) is 1. The minimum Gasteiger partial charge on any atom is -0.374 e. The topological polar surface area (TPSA) is 53.5 Å². The van der Waals surface area contributed by atoms with Gasteiger partial charge < -0.3 is 5.32 Å². The number of rotatable bonds is 5. The molecule has 0 aromatic heterocycles. The lowest BCUT2D eigenvalue weighted by molar-refractivity contribution is -0.121. The van der Waals surface area contributed by atoms with Crippen molar-refractivity contribution in [2.75, 3.05) is 5.32 Å². The normalized spacial score (nSPS) is 12.2. The Labute approximate surface area is 151 Å². The standard InChI is InChI=1S/C20H18ClN3O/c1-14(20(25)24-22-13-15-6-9-18(21)10-7-15)23-19-11-8-16-4-2-3-5-17(16)12-19/h2-14,23H,1H3,(H,24,25)/t14-/m0/s1. The first kappa shape index (κ1) is 17.0. The van der Waals surface area contributed by atoms with Crippen molar-refractivity contribution in [3.8, 4) is 0 Å². The van der Waals surface area contributed by atoms with Crippen molar-refractivity contribution in [1.29, 1.82) is 0 Å². The number of amides is 1. The molecular formula is C20H18ClN3O. The highest BCUT2D eigenvalue weighted by atomic mass is 35.5. The zero-order chi connectivity index (χ0) is 17.6. The van der Waals surface area contributed by atoms with E-state index >= 15 is 0 Å². The van der Waals surface area contributed by atoms with Gasteiger partial charge in [0, 0.05) is 10.7 Å². The molecule has 0 aliphatic heterocycles. The molecule has 4 nitrogen and oxygen atoms in total. The van der Waals surface area contributed by atoms with Gasteiger partial charge in [-0.05, 0) is 47.5 Å². The maximum Gasteiger partial charge on any atom is 0.262 e. The third-order valence-electron chi connectivity index (χ3n) is 3.78. The van der Waals surface area contributed by atoms with Crippen molar-refractivity contribution >= 4 is 40.2 Å². The van der Waals surface area contributed by atoms with E-state index in [9.17, 15) is 4.79 Å². The predicted molar refractivity (Wildman–Crippen MR) is 104 cm³/mol. The minimum absolute atomic E-state index is 0.210. The van der Waals surface area contributed by atoms with Crippen molar-refractivity contribution < 1.29 is 4.79 Å². The summed E-state index contributed by atoms with van der Waals surface area (Å²) in [5.74, 6) is -0.210. The summed E-state index contributed by atoms with van der Waals surface area (Å²) < 4.78 is 0. The van der Waals surface area contributed by atoms with Crippen LogP contribution >= 0.6 is 11.6 Å². The van der Waals surface area contributed by atoms with Crippen molar-refractivity contribution in [3.05, 3.63) is 77.3 Å². The van der Waals surface area contributed by atoms with Crippen LogP contribution in [0.4, 0.5) is 5.69 Å². The van der Waals surface area contributed by atoms with Crippen molar-refractivity contribution in [2.45, 2.75) is 13.0 Å². The van der Waals surface area contributed by atoms with E-state index in [-0.39, 0.29) is 5.91 Å². The number of hydrazone groups is 1. The van der Waals surface area contributed by atoms with E-state index in [0.717, 1.165) is 22.0 Å². The zero-order valence-corrected chi connectivity index (χ0v) is 14.5. The molecule has 2 N–H and O–H groups in total. The maximum absolute atomic E-state index is 12.1. The Kier molecular flexibility index (Phi) is 5.31. The Hall–Kier alpha value is -2.85. The molecule has 5 heteroatoms. The number of anilines is 1. The molecule has 25 heavy (non-hydrogen) atoms. The van der Waals surface area contributed by atoms with Crippen molar-refractivity contribution in [2.24, 2.45) is 5.10 Å². The summed E-state index contributed by atoms with van der Waals surface area (Å²) >= 11 is 5.83. The summed E-state index contributed by atoms with van der Waals surface area (Å²) in [6.45, 7) is 1.79. The first-order chi connectivity index (χ1) is 12.1. The van der Waals surface area contributed by atoms with Crippen molar-refractivity contribution in [1.82, 2.24) is 5.43 Å². The van der Waals surface area contributed by atoms with Crippen LogP contribution in [0.3, 0.4) is 0 Å². The van der Waals surface area contributed by atoms with Crippen LogP contribution in [0.2, 0.25) is 5.02 Å². The largest absolute Gasteiger partial charge is 0.374 e. The maximum atomic E-state index is 12.1. The van der Waals surface area contributed by atoms with Crippen LogP contribution in [0.5, 0.6) is 0 Å². The fraction of sp³-hybridized carbons (Fsp3) is 0.100. The minimum atomic E-state index is -0.413. The van der Waals surface area contributed by atoms with E-state index in [1.807, 2.05) is 48.5 Å². The van der Waals surface area contributed by atoms with Crippen LogP contribution in [0.15, 0.2) is 71.8 Å². The van der Waals surface area contributed by atoms with E-state index in [1.165, 1.54) is 0 Å². The zero-order valence-electron chi connectivity index (χ0n) is 13.7. The molecule has 0 saturated heterocycles. The Bertz CT molecular complexity index is 906. The Balaban J connectivity index is 1.58. The molecule has 126 valence electrons. The van der Waals surface area contributed by atoms with Gasteiger partial charge in [-0.3, -0.25) is 4.79 Å². The first-order valence-corrected chi connectivity index (χ1v) is 8.33. The van der Waals surface area contributed by atoms with Crippen LogP contribution in [-0.4, -0.2) is 18.2 Å². The molecule has 3 rings (SSSR count). The van der Waals surface area contributed by atoms with Gasteiger partial charge >= 0.3 is 0 Å². The van der Waals surface area contributed by atoms with Gasteiger partial charge in [0.2, 0.25) is 0 Å². The van der Waals surface area contributed by atoms with Gasteiger partial charge in [-0.25, -0.2) is 5.43 Å². The lowest BCUT2D eigenvalue weighted by Gasteiger charge is -2.14. The van der Waals surface area contributed by atoms with E-state index < -0.39 is 6.04 Å². The summed E-state index contributed by atoms with van der Waals surface area (Å²) in [5, 5.41) is 10.1. The Morgan fingerprint density at radius 3 is 2.52 bits per heavy atom. The molecule has 0 aliphatic rings. The van der Waals surface area contributed by atoms with Crippen LogP contribution in [0, 0.1) is 0 Å². The summed E-state index contributed by atoms with van der Waals surface area (Å²) in [6, 6.07) is 20.9. The lowest BCUT2D eigenvalue weighted by Crippen LogP contribution is -2.34. The summed E-state index contributed by atoms with van der Waals surface area (Å²) in [5.41, 5.74) is 4.29. The van der Waals surface area contributed by atoms with Crippen LogP contribution in [0.1, 0.15) is 12.5 Å². The summed E-state index contributed by atoms with van der Waals surface area (Å²) in [7, 11) is 0. The highest BCUT2D eigenvalue weighted by molar-refractivity contribution is 6.30. The molecule has 0 saturated carbocycles. The average molecular weight is 352 g/mol. The van der Waals surface area contributed by atoms with Crippen LogP contribution in [-0.2, 0) is 4.79 Å². The monoisotopic (exact) mass is 351 g/mol. The molecular weight excluding hydrogens is 334 g/mol. The number of nitrogens with one attached hydrogen (secondary N) is 2. The van der Waals surface area contributed by atoms with Gasteiger partial charge in [-0.2, -0.15) is 5.10 Å². The molecule has 3 aromatic rings. The molecule has 0 fully saturated rings. The third-order valence-corrected chi connectivity index (χ3v) is 4.04. The molecule has 1 amide bonds. The lowest BCUT2D eigenvalue weighted by atomic mass is 10.1. The molecule has 0 radical (unpaired) electrons. The highest BCUT2D eigenvalue weighted by Gasteiger charge is 2.11. The van der Waals surface area contributed by atoms with Gasteiger partial charge in [0.25, 0.3) is 5.91 Å². The molecule has 0 heterocycles. The number of fused-ring (bicyclic) bond motifs is 1.